The molecule has 9 heteroatoms. The smallest absolute Gasteiger partial charge is 0.294 e. The highest BCUT2D eigenvalue weighted by Gasteiger charge is 2.15. The van der Waals surface area contributed by atoms with E-state index in [9.17, 15) is 14.3 Å². The summed E-state index contributed by atoms with van der Waals surface area (Å²) in [6.45, 7) is 6.06. The first kappa shape index (κ1) is 26.0. The Labute approximate surface area is 215 Å². The molecule has 0 spiro atoms. The highest BCUT2D eigenvalue weighted by Crippen LogP contribution is 2.29. The number of anilines is 1. The van der Waals surface area contributed by atoms with Gasteiger partial charge in [0.2, 0.25) is 5.82 Å². The Bertz CT molecular complexity index is 1380. The molecule has 1 amide bonds. The quantitative estimate of drug-likeness (QED) is 0.260. The summed E-state index contributed by atoms with van der Waals surface area (Å²) in [5, 5.41) is 20.5. The molecule has 0 atom stereocenters. The van der Waals surface area contributed by atoms with Crippen LogP contribution in [0.3, 0.4) is 0 Å². The van der Waals surface area contributed by atoms with Crippen LogP contribution in [0.5, 0.6) is 5.75 Å². The van der Waals surface area contributed by atoms with Crippen molar-refractivity contribution in [1.29, 1.82) is 0 Å². The van der Waals surface area contributed by atoms with Gasteiger partial charge in [0.1, 0.15) is 23.2 Å². The zero-order chi connectivity index (χ0) is 26.4. The monoisotopic (exact) mass is 503 g/mol. The number of nitrogens with one attached hydrogen (secondary N) is 2. The number of hydrogen-bond acceptors (Lipinski definition) is 6. The van der Waals surface area contributed by atoms with Crippen molar-refractivity contribution in [2.24, 2.45) is 0 Å². The summed E-state index contributed by atoms with van der Waals surface area (Å²) in [4.78, 5) is 19.8. The Balaban J connectivity index is 1.42. The second-order valence-corrected chi connectivity index (χ2v) is 9.51. The van der Waals surface area contributed by atoms with Crippen molar-refractivity contribution in [3.05, 3.63) is 89.4 Å². The first-order valence-corrected chi connectivity index (χ1v) is 12.1. The van der Waals surface area contributed by atoms with Crippen molar-refractivity contribution in [1.82, 2.24) is 20.2 Å². The summed E-state index contributed by atoms with van der Waals surface area (Å²) >= 11 is 0. The van der Waals surface area contributed by atoms with Crippen molar-refractivity contribution in [3.63, 3.8) is 0 Å². The third-order valence-corrected chi connectivity index (χ3v) is 5.79. The lowest BCUT2D eigenvalue weighted by Gasteiger charge is -2.17. The summed E-state index contributed by atoms with van der Waals surface area (Å²) in [6.07, 6.45) is 3.19. The van der Waals surface area contributed by atoms with Crippen LogP contribution in [-0.2, 0) is 6.42 Å². The maximum Gasteiger partial charge on any atom is 0.294 e. The molecule has 2 aromatic heterocycles. The zero-order valence-electron chi connectivity index (χ0n) is 21.1. The molecule has 0 radical (unpaired) electrons. The lowest BCUT2D eigenvalue weighted by atomic mass is 10.0. The second kappa shape index (κ2) is 11.3. The summed E-state index contributed by atoms with van der Waals surface area (Å²) < 4.78 is 19.8. The fraction of sp³-hybridized carbons (Fsp3) is 0.286. The molecule has 3 N–H and O–H groups in total. The molecule has 0 fully saturated rings. The summed E-state index contributed by atoms with van der Waals surface area (Å²) in [7, 11) is 0. The molecule has 2 heterocycles. The second-order valence-electron chi connectivity index (χ2n) is 9.51. The Morgan fingerprint density at radius 1 is 1.14 bits per heavy atom. The van der Waals surface area contributed by atoms with Crippen LogP contribution >= 0.6 is 0 Å². The number of amides is 1. The van der Waals surface area contributed by atoms with Crippen LogP contribution in [-0.4, -0.2) is 43.4 Å². The third-order valence-electron chi connectivity index (χ3n) is 5.79. The minimum atomic E-state index is -0.716. The van der Waals surface area contributed by atoms with E-state index in [2.05, 4.69) is 25.5 Å². The van der Waals surface area contributed by atoms with E-state index in [0.717, 1.165) is 28.9 Å². The Hall–Kier alpha value is -4.11. The van der Waals surface area contributed by atoms with Crippen molar-refractivity contribution < 1.29 is 19.0 Å². The van der Waals surface area contributed by atoms with E-state index in [1.165, 1.54) is 6.07 Å². The van der Waals surface area contributed by atoms with Crippen molar-refractivity contribution in [2.45, 2.75) is 45.6 Å². The average molecular weight is 504 g/mol. The van der Waals surface area contributed by atoms with Gasteiger partial charge in [-0.25, -0.2) is 9.37 Å². The molecule has 37 heavy (non-hydrogen) atoms. The highest BCUT2D eigenvalue weighted by molar-refractivity contribution is 6.01. The predicted molar refractivity (Wildman–Crippen MR) is 139 cm³/mol. The van der Waals surface area contributed by atoms with Crippen LogP contribution in [0.2, 0.25) is 0 Å². The van der Waals surface area contributed by atoms with E-state index in [0.29, 0.717) is 30.2 Å². The molecule has 192 valence electrons. The first-order valence-electron chi connectivity index (χ1n) is 12.1. The van der Waals surface area contributed by atoms with Crippen molar-refractivity contribution in [2.75, 3.05) is 11.9 Å². The fourth-order valence-corrected chi connectivity index (χ4v) is 3.84. The number of aryl methyl sites for hydroxylation is 1. The Morgan fingerprint density at radius 2 is 1.95 bits per heavy atom. The van der Waals surface area contributed by atoms with Crippen LogP contribution in [0.4, 0.5) is 10.2 Å². The third kappa shape index (κ3) is 7.20. The van der Waals surface area contributed by atoms with Gasteiger partial charge in [-0.05, 0) is 86.2 Å². The van der Waals surface area contributed by atoms with Gasteiger partial charge in [0.15, 0.2) is 0 Å². The SMILES string of the molecule is Cc1ccc(OCCCC(C)(C)O)cc1-c1ccnc(NC(=O)c2nnc(Cc3ccccc3F)[nH]2)c1. The number of aromatic nitrogens is 4. The number of nitrogens with zero attached hydrogens (tertiary/aromatic N) is 3. The number of aromatic amines is 1. The van der Waals surface area contributed by atoms with Crippen LogP contribution in [0.1, 0.15) is 54.3 Å². The van der Waals surface area contributed by atoms with Crippen LogP contribution < -0.4 is 10.1 Å². The topological polar surface area (TPSA) is 113 Å². The molecule has 0 saturated heterocycles. The van der Waals surface area contributed by atoms with Crippen molar-refractivity contribution >= 4 is 11.7 Å². The number of H-pyrrole nitrogens is 1. The molecular weight excluding hydrogens is 473 g/mol. The van der Waals surface area contributed by atoms with E-state index in [1.807, 2.05) is 31.2 Å². The van der Waals surface area contributed by atoms with Crippen LogP contribution in [0.25, 0.3) is 11.1 Å². The molecular formula is C28H30FN5O3. The molecule has 4 rings (SSSR count). The minimum absolute atomic E-state index is 0.0103. The number of carbonyl (C=O) groups is 1. The number of ether oxygens (including phenoxy) is 1. The van der Waals surface area contributed by atoms with Gasteiger partial charge in [0, 0.05) is 12.6 Å². The number of pyridine rings is 1. The largest absolute Gasteiger partial charge is 0.494 e. The lowest BCUT2D eigenvalue weighted by Crippen LogP contribution is -2.19. The number of halogens is 1. The maximum absolute atomic E-state index is 13.9. The van der Waals surface area contributed by atoms with E-state index < -0.39 is 11.5 Å². The molecule has 0 saturated carbocycles. The van der Waals surface area contributed by atoms with Gasteiger partial charge >= 0.3 is 0 Å². The normalized spacial score (nSPS) is 11.4. The Morgan fingerprint density at radius 3 is 2.73 bits per heavy atom. The first-order chi connectivity index (χ1) is 17.7. The van der Waals surface area contributed by atoms with Crippen molar-refractivity contribution in [3.8, 4) is 16.9 Å². The molecule has 8 nitrogen and oxygen atoms in total. The summed E-state index contributed by atoms with van der Waals surface area (Å²) in [5.74, 6) is 0.624. The minimum Gasteiger partial charge on any atom is -0.494 e. The maximum atomic E-state index is 13.9. The molecule has 0 unspecified atom stereocenters. The lowest BCUT2D eigenvalue weighted by molar-refractivity contribution is 0.0641. The predicted octanol–water partition coefficient (Wildman–Crippen LogP) is 5.09. The number of carbonyl (C=O) groups excluding carboxylic acids is 1. The standard InChI is InChI=1S/C28H30FN5O3/c1-18-9-10-21(37-14-6-12-28(2,3)36)17-22(18)19-11-13-30-24(15-19)32-27(35)26-31-25(33-34-26)16-20-7-4-5-8-23(20)29/h4-5,7-11,13,15,17,36H,6,12,14,16H2,1-3H3,(H,30,32,35)(H,31,33,34). The van der Waals surface area contributed by atoms with Gasteiger partial charge in [0.05, 0.1) is 12.2 Å². The zero-order valence-corrected chi connectivity index (χ0v) is 21.1. The van der Waals surface area contributed by atoms with Gasteiger partial charge in [-0.1, -0.05) is 24.3 Å². The molecule has 0 bridgehead atoms. The van der Waals surface area contributed by atoms with Gasteiger partial charge in [0.25, 0.3) is 5.91 Å². The van der Waals surface area contributed by atoms with E-state index in [1.54, 1.807) is 44.3 Å². The van der Waals surface area contributed by atoms with Gasteiger partial charge in [-0.2, -0.15) is 0 Å². The number of aliphatic hydroxyl groups is 1. The molecule has 2 aromatic carbocycles. The number of rotatable bonds is 10. The molecule has 0 aliphatic carbocycles. The van der Waals surface area contributed by atoms with E-state index in [-0.39, 0.29) is 18.1 Å². The molecule has 0 aliphatic rings. The Kier molecular flexibility index (Phi) is 7.93. The molecule has 0 aliphatic heterocycles. The summed E-state index contributed by atoms with van der Waals surface area (Å²) in [5.41, 5.74) is 2.60. The fourth-order valence-electron chi connectivity index (χ4n) is 3.84. The van der Waals surface area contributed by atoms with E-state index >= 15 is 0 Å². The number of benzene rings is 2. The average Bonchev–Trinajstić information content (AvgIpc) is 3.33. The summed E-state index contributed by atoms with van der Waals surface area (Å²) in [6, 6.07) is 15.9. The molecule has 4 aromatic rings. The van der Waals surface area contributed by atoms with Crippen LogP contribution in [0.15, 0.2) is 60.8 Å². The van der Waals surface area contributed by atoms with Gasteiger partial charge < -0.3 is 20.1 Å². The van der Waals surface area contributed by atoms with E-state index in [4.69, 9.17) is 4.74 Å². The number of hydrogen-bond donors (Lipinski definition) is 3. The highest BCUT2D eigenvalue weighted by atomic mass is 19.1. The van der Waals surface area contributed by atoms with Crippen LogP contribution in [0, 0.1) is 12.7 Å². The van der Waals surface area contributed by atoms with Gasteiger partial charge in [-0.3, -0.25) is 4.79 Å². The van der Waals surface area contributed by atoms with Gasteiger partial charge in [-0.15, -0.1) is 10.2 Å².